The van der Waals surface area contributed by atoms with Crippen LogP contribution in [0.15, 0.2) is 18.2 Å². The number of nitrogens with zero attached hydrogens (tertiary/aromatic N) is 4. The van der Waals surface area contributed by atoms with Crippen LogP contribution in [0.2, 0.25) is 5.02 Å². The molecule has 2 aromatic rings. The fourth-order valence-electron chi connectivity index (χ4n) is 3.83. The Bertz CT molecular complexity index is 973. The number of piperazine rings is 1. The third kappa shape index (κ3) is 5.27. The predicted molar refractivity (Wildman–Crippen MR) is 126 cm³/mol. The Hall–Kier alpha value is -1.69. The Balaban J connectivity index is 1.73. The number of rotatable bonds is 6. The summed E-state index contributed by atoms with van der Waals surface area (Å²) in [5.41, 5.74) is 0.636. The smallest absolute Gasteiger partial charge is 0.433 e. The average molecular weight is 585 g/mol. The van der Waals surface area contributed by atoms with Crippen LogP contribution in [0.4, 0.5) is 18.9 Å². The van der Waals surface area contributed by atoms with Gasteiger partial charge in [-0.3, -0.25) is 9.48 Å². The lowest BCUT2D eigenvalue weighted by atomic mass is 10.1. The van der Waals surface area contributed by atoms with Gasteiger partial charge in [-0.2, -0.15) is 18.3 Å². The summed E-state index contributed by atoms with van der Waals surface area (Å²) in [5.74, 6) is 0.0202. The zero-order valence-electron chi connectivity index (χ0n) is 18.0. The highest BCUT2D eigenvalue weighted by atomic mass is 127. The number of hydrogen-bond acceptors (Lipinski definition) is 4. The average Bonchev–Trinajstić information content (AvgIpc) is 3.13. The molecular weight excluding hydrogens is 560 g/mol. The summed E-state index contributed by atoms with van der Waals surface area (Å²) >= 11 is 7.99. The number of anilines is 1. The molecule has 0 radical (unpaired) electrons. The first kappa shape index (κ1) is 24.9. The molecule has 0 N–H and O–H groups in total. The molecule has 1 fully saturated rings. The lowest BCUT2D eigenvalue weighted by Gasteiger charge is -2.36. The molecule has 11 heteroatoms. The van der Waals surface area contributed by atoms with Gasteiger partial charge in [0.25, 0.3) is 0 Å². The molecule has 32 heavy (non-hydrogen) atoms. The lowest BCUT2D eigenvalue weighted by Crippen LogP contribution is -2.49. The number of ether oxygens (including phenoxy) is 1. The molecule has 6 nitrogen and oxygen atoms in total. The van der Waals surface area contributed by atoms with Crippen molar-refractivity contribution < 1.29 is 22.7 Å². The van der Waals surface area contributed by atoms with Gasteiger partial charge in [0, 0.05) is 47.9 Å². The Morgan fingerprint density at radius 3 is 2.44 bits per heavy atom. The largest absolute Gasteiger partial charge is 0.495 e. The molecule has 0 bridgehead atoms. The molecule has 176 valence electrons. The van der Waals surface area contributed by atoms with E-state index in [1.165, 1.54) is 0 Å². The number of methoxy groups -OCH3 is 1. The van der Waals surface area contributed by atoms with Gasteiger partial charge in [0.05, 0.1) is 17.8 Å². The minimum Gasteiger partial charge on any atom is -0.495 e. The standard InChI is InChI=1S/C21H25ClF3IN4O2/c1-13(2)19-15(11-26)20(21(23,24)25)30(27-19)12-18(31)29-8-6-28(7-9-29)14-4-5-16(22)17(10-14)32-3/h4-5,10,13H,6-9,11-12H2,1-3H3. The Kier molecular flexibility index (Phi) is 7.85. The second-order valence-electron chi connectivity index (χ2n) is 7.84. The van der Waals surface area contributed by atoms with E-state index in [4.69, 9.17) is 16.3 Å². The molecular formula is C21H25ClF3IN4O2. The third-order valence-corrected chi connectivity index (χ3v) is 6.52. The van der Waals surface area contributed by atoms with E-state index in [-0.39, 0.29) is 21.8 Å². The van der Waals surface area contributed by atoms with Crippen LogP contribution in [0, 0.1) is 0 Å². The van der Waals surface area contributed by atoms with Gasteiger partial charge in [-0.05, 0) is 18.1 Å². The number of carbonyl (C=O) groups excluding carboxylic acids is 1. The molecule has 3 rings (SSSR count). The first-order valence-corrected chi connectivity index (χ1v) is 12.1. The molecule has 1 amide bonds. The van der Waals surface area contributed by atoms with E-state index in [2.05, 4.69) is 10.00 Å². The number of aromatic nitrogens is 2. The monoisotopic (exact) mass is 584 g/mol. The quantitative estimate of drug-likeness (QED) is 0.356. The number of amides is 1. The first-order chi connectivity index (χ1) is 15.1. The highest BCUT2D eigenvalue weighted by molar-refractivity contribution is 14.1. The van der Waals surface area contributed by atoms with Crippen molar-refractivity contribution in [1.82, 2.24) is 14.7 Å². The van der Waals surface area contributed by atoms with Crippen molar-refractivity contribution in [2.45, 2.75) is 36.9 Å². The van der Waals surface area contributed by atoms with E-state index in [1.807, 2.05) is 34.7 Å². The van der Waals surface area contributed by atoms with Gasteiger partial charge in [0.2, 0.25) is 5.91 Å². The van der Waals surface area contributed by atoms with Crippen LogP contribution in [0.25, 0.3) is 0 Å². The second-order valence-corrected chi connectivity index (χ2v) is 9.01. The van der Waals surface area contributed by atoms with Crippen molar-refractivity contribution in [2.75, 3.05) is 38.2 Å². The topological polar surface area (TPSA) is 50.6 Å². The van der Waals surface area contributed by atoms with E-state index in [1.54, 1.807) is 31.9 Å². The van der Waals surface area contributed by atoms with Gasteiger partial charge in [-0.25, -0.2) is 0 Å². The van der Waals surface area contributed by atoms with Crippen molar-refractivity contribution in [3.05, 3.63) is 40.2 Å². The highest BCUT2D eigenvalue weighted by Gasteiger charge is 2.40. The third-order valence-electron chi connectivity index (χ3n) is 5.45. The number of halogens is 5. The molecule has 1 aliphatic rings. The summed E-state index contributed by atoms with van der Waals surface area (Å²) in [7, 11) is 1.54. The fourth-order valence-corrected chi connectivity index (χ4v) is 4.78. The molecule has 1 aromatic heterocycles. The molecule has 0 saturated carbocycles. The van der Waals surface area contributed by atoms with E-state index in [0.717, 1.165) is 10.4 Å². The maximum atomic E-state index is 13.8. The van der Waals surface area contributed by atoms with Gasteiger partial charge in [0.15, 0.2) is 0 Å². The fraction of sp³-hybridized carbons (Fsp3) is 0.524. The Morgan fingerprint density at radius 2 is 1.91 bits per heavy atom. The minimum atomic E-state index is -4.58. The van der Waals surface area contributed by atoms with E-state index < -0.39 is 18.4 Å². The lowest BCUT2D eigenvalue weighted by molar-refractivity contribution is -0.146. The normalized spacial score (nSPS) is 14.9. The maximum Gasteiger partial charge on any atom is 0.433 e. The van der Waals surface area contributed by atoms with Crippen molar-refractivity contribution in [1.29, 1.82) is 0 Å². The predicted octanol–water partition coefficient (Wildman–Crippen LogP) is 4.97. The van der Waals surface area contributed by atoms with E-state index in [0.29, 0.717) is 42.6 Å². The van der Waals surface area contributed by atoms with Crippen LogP contribution in [0.5, 0.6) is 5.75 Å². The van der Waals surface area contributed by atoms with Crippen molar-refractivity contribution in [3.63, 3.8) is 0 Å². The van der Waals surface area contributed by atoms with Crippen LogP contribution in [-0.4, -0.2) is 53.9 Å². The SMILES string of the molecule is COc1cc(N2CCN(C(=O)Cn3nc(C(C)C)c(CI)c3C(F)(F)F)CC2)ccc1Cl. The summed E-state index contributed by atoms with van der Waals surface area (Å²) in [6, 6.07) is 5.46. The molecule has 1 saturated heterocycles. The Morgan fingerprint density at radius 1 is 1.25 bits per heavy atom. The number of alkyl halides is 4. The number of hydrogen-bond donors (Lipinski definition) is 0. The molecule has 0 atom stereocenters. The minimum absolute atomic E-state index is 0.155. The second kappa shape index (κ2) is 10.1. The van der Waals surface area contributed by atoms with Gasteiger partial charge < -0.3 is 14.5 Å². The summed E-state index contributed by atoms with van der Waals surface area (Å²) in [4.78, 5) is 16.5. The summed E-state index contributed by atoms with van der Waals surface area (Å²) in [6.07, 6.45) is -4.58. The summed E-state index contributed by atoms with van der Waals surface area (Å²) in [6.45, 7) is 5.09. The Labute approximate surface area is 203 Å². The number of carbonyl (C=O) groups is 1. The van der Waals surface area contributed by atoms with Crippen LogP contribution in [0.1, 0.15) is 36.7 Å². The molecule has 0 spiro atoms. The molecule has 0 unspecified atom stereocenters. The zero-order valence-corrected chi connectivity index (χ0v) is 21.0. The van der Waals surface area contributed by atoms with Crippen LogP contribution in [0.3, 0.4) is 0 Å². The van der Waals surface area contributed by atoms with E-state index in [9.17, 15) is 18.0 Å². The van der Waals surface area contributed by atoms with Gasteiger partial charge in [0.1, 0.15) is 18.0 Å². The van der Waals surface area contributed by atoms with Crippen molar-refractivity contribution in [2.24, 2.45) is 0 Å². The molecule has 0 aliphatic carbocycles. The molecule has 1 aliphatic heterocycles. The van der Waals surface area contributed by atoms with Crippen molar-refractivity contribution >= 4 is 45.8 Å². The van der Waals surface area contributed by atoms with Crippen molar-refractivity contribution in [3.8, 4) is 5.75 Å². The summed E-state index contributed by atoms with van der Waals surface area (Å²) in [5, 5.41) is 4.69. The van der Waals surface area contributed by atoms with Crippen LogP contribution in [-0.2, 0) is 21.9 Å². The van der Waals surface area contributed by atoms with Gasteiger partial charge in [-0.15, -0.1) is 0 Å². The maximum absolute atomic E-state index is 13.8. The molecule has 1 aromatic carbocycles. The molecule has 2 heterocycles. The summed E-state index contributed by atoms with van der Waals surface area (Å²) < 4.78 is 47.6. The van der Waals surface area contributed by atoms with Crippen LogP contribution < -0.4 is 9.64 Å². The number of benzene rings is 1. The van der Waals surface area contributed by atoms with Crippen LogP contribution >= 0.6 is 34.2 Å². The van der Waals surface area contributed by atoms with Gasteiger partial charge in [-0.1, -0.05) is 48.0 Å². The van der Waals surface area contributed by atoms with Gasteiger partial charge >= 0.3 is 6.18 Å². The van der Waals surface area contributed by atoms with E-state index >= 15 is 0 Å². The highest BCUT2D eigenvalue weighted by Crippen LogP contribution is 2.37. The first-order valence-electron chi connectivity index (χ1n) is 10.2. The zero-order chi connectivity index (χ0) is 23.6.